The molecule has 0 fully saturated rings. The minimum atomic E-state index is -0.172. The van der Waals surface area contributed by atoms with Gasteiger partial charge in [-0.3, -0.25) is 4.79 Å². The Bertz CT molecular complexity index is 565. The highest BCUT2D eigenvalue weighted by atomic mass is 35.5. The van der Waals surface area contributed by atoms with E-state index >= 15 is 0 Å². The molecule has 0 atom stereocenters. The number of nitrogens with two attached hydrogens (primary N) is 1. The summed E-state index contributed by atoms with van der Waals surface area (Å²) in [5.41, 5.74) is 7.15. The first-order valence-corrected chi connectivity index (χ1v) is 6.24. The number of H-pyrrole nitrogens is 1. The van der Waals surface area contributed by atoms with Crippen molar-refractivity contribution in [1.29, 1.82) is 0 Å². The predicted molar refractivity (Wildman–Crippen MR) is 70.3 cm³/mol. The summed E-state index contributed by atoms with van der Waals surface area (Å²) < 4.78 is 0. The van der Waals surface area contributed by atoms with Crippen LogP contribution in [0.15, 0.2) is 40.4 Å². The molecule has 0 bridgehead atoms. The van der Waals surface area contributed by atoms with Gasteiger partial charge in [-0.2, -0.15) is 0 Å². The number of aromatic amines is 1. The highest BCUT2D eigenvalue weighted by Gasteiger charge is 2.06. The normalized spacial score (nSPS) is 10.4. The Morgan fingerprint density at radius 1 is 1.41 bits per heavy atom. The maximum absolute atomic E-state index is 11.1. The van der Waals surface area contributed by atoms with Crippen LogP contribution in [0.5, 0.6) is 0 Å². The zero-order valence-electron chi connectivity index (χ0n) is 8.81. The zero-order valence-corrected chi connectivity index (χ0v) is 10.4. The zero-order chi connectivity index (χ0) is 12.3. The fourth-order valence-corrected chi connectivity index (χ4v) is 2.53. The van der Waals surface area contributed by atoms with Gasteiger partial charge in [-0.1, -0.05) is 29.4 Å². The highest BCUT2D eigenvalue weighted by molar-refractivity contribution is 7.98. The van der Waals surface area contributed by atoms with E-state index in [1.54, 1.807) is 18.2 Å². The summed E-state index contributed by atoms with van der Waals surface area (Å²) in [5, 5.41) is 1.17. The van der Waals surface area contributed by atoms with Crippen molar-refractivity contribution >= 4 is 29.1 Å². The summed E-state index contributed by atoms with van der Waals surface area (Å²) in [7, 11) is 0. The number of hydrogen-bond acceptors (Lipinski definition) is 4. The predicted octanol–water partition coefficient (Wildman–Crippen LogP) is 2.30. The average Bonchev–Trinajstić information content (AvgIpc) is 2.28. The Kier molecular flexibility index (Phi) is 3.71. The fraction of sp³-hybridized carbons (Fsp3) is 0.0909. The lowest BCUT2D eigenvalue weighted by Gasteiger charge is -2.06. The molecule has 0 unspecified atom stereocenters. The van der Waals surface area contributed by atoms with Crippen molar-refractivity contribution in [3.8, 4) is 0 Å². The topological polar surface area (TPSA) is 71.8 Å². The van der Waals surface area contributed by atoms with Gasteiger partial charge >= 0.3 is 0 Å². The molecule has 0 saturated carbocycles. The number of benzene rings is 1. The molecule has 0 amide bonds. The minimum absolute atomic E-state index is 0.172. The molecule has 88 valence electrons. The average molecular weight is 268 g/mol. The van der Waals surface area contributed by atoms with Gasteiger partial charge in [0.05, 0.1) is 0 Å². The van der Waals surface area contributed by atoms with Gasteiger partial charge < -0.3 is 10.7 Å². The van der Waals surface area contributed by atoms with E-state index in [2.05, 4.69) is 9.97 Å². The van der Waals surface area contributed by atoms with Gasteiger partial charge in [0.2, 0.25) is 0 Å². The number of halogens is 1. The molecule has 17 heavy (non-hydrogen) atoms. The summed E-state index contributed by atoms with van der Waals surface area (Å²) in [6, 6.07) is 6.75. The molecule has 1 aromatic carbocycles. The van der Waals surface area contributed by atoms with Gasteiger partial charge in [0.25, 0.3) is 5.56 Å². The molecule has 1 aromatic heterocycles. The van der Waals surface area contributed by atoms with Crippen LogP contribution < -0.4 is 11.3 Å². The van der Waals surface area contributed by atoms with E-state index in [0.717, 1.165) is 5.56 Å². The van der Waals surface area contributed by atoms with E-state index in [1.165, 1.54) is 24.0 Å². The van der Waals surface area contributed by atoms with Gasteiger partial charge in [-0.25, -0.2) is 4.98 Å². The summed E-state index contributed by atoms with van der Waals surface area (Å²) in [6.45, 7) is 0. The summed E-state index contributed by atoms with van der Waals surface area (Å²) in [4.78, 5) is 17.7. The van der Waals surface area contributed by atoms with Crippen LogP contribution >= 0.6 is 23.4 Å². The minimum Gasteiger partial charge on any atom is -0.398 e. The van der Waals surface area contributed by atoms with Gasteiger partial charge in [0.1, 0.15) is 0 Å². The van der Waals surface area contributed by atoms with Crippen molar-refractivity contribution in [2.24, 2.45) is 0 Å². The molecular weight excluding hydrogens is 258 g/mol. The van der Waals surface area contributed by atoms with Gasteiger partial charge in [-0.05, 0) is 12.1 Å². The third kappa shape index (κ3) is 3.01. The van der Waals surface area contributed by atoms with Crippen LogP contribution in [-0.4, -0.2) is 9.97 Å². The second-order valence-corrected chi connectivity index (χ2v) is 4.71. The smallest absolute Gasteiger partial charge is 0.251 e. The molecule has 2 aromatic rings. The van der Waals surface area contributed by atoms with Crippen LogP contribution in [0.3, 0.4) is 0 Å². The number of nitrogens with one attached hydrogen (secondary N) is 1. The second kappa shape index (κ2) is 5.25. The number of aromatic nitrogens is 2. The van der Waals surface area contributed by atoms with Crippen LogP contribution in [0, 0.1) is 0 Å². The molecule has 0 radical (unpaired) electrons. The lowest BCUT2D eigenvalue weighted by atomic mass is 10.2. The Hall–Kier alpha value is -1.46. The van der Waals surface area contributed by atoms with Crippen LogP contribution in [-0.2, 0) is 5.75 Å². The Labute approximate surface area is 107 Å². The standard InChI is InChI=1S/C11H10ClN3OS/c12-8-2-1-3-9(13)7(8)6-17-11-14-5-4-10(16)15-11/h1-5H,6,13H2,(H,14,15,16). The first kappa shape index (κ1) is 12.0. The fourth-order valence-electron chi connectivity index (χ4n) is 1.29. The number of rotatable bonds is 3. The maximum Gasteiger partial charge on any atom is 0.251 e. The van der Waals surface area contributed by atoms with E-state index < -0.39 is 0 Å². The first-order valence-electron chi connectivity index (χ1n) is 4.88. The highest BCUT2D eigenvalue weighted by Crippen LogP contribution is 2.28. The molecule has 0 aliphatic heterocycles. The maximum atomic E-state index is 11.1. The summed E-state index contributed by atoms with van der Waals surface area (Å²) in [6.07, 6.45) is 1.47. The van der Waals surface area contributed by atoms with E-state index in [-0.39, 0.29) is 5.56 Å². The molecule has 6 heteroatoms. The third-order valence-electron chi connectivity index (χ3n) is 2.16. The summed E-state index contributed by atoms with van der Waals surface area (Å²) in [5.74, 6) is 0.568. The number of nitrogens with zero attached hydrogens (tertiary/aromatic N) is 1. The molecule has 0 spiro atoms. The molecular formula is C11H10ClN3OS. The third-order valence-corrected chi connectivity index (χ3v) is 3.42. The van der Waals surface area contributed by atoms with Crippen LogP contribution in [0.2, 0.25) is 5.02 Å². The summed E-state index contributed by atoms with van der Waals surface area (Å²) >= 11 is 7.43. The number of nitrogen functional groups attached to an aromatic ring is 1. The molecule has 0 saturated heterocycles. The lowest BCUT2D eigenvalue weighted by Crippen LogP contribution is -2.05. The quantitative estimate of drug-likeness (QED) is 0.508. The van der Waals surface area contributed by atoms with Gasteiger partial charge in [0, 0.05) is 34.3 Å². The lowest BCUT2D eigenvalue weighted by molar-refractivity contribution is 0.936. The number of hydrogen-bond donors (Lipinski definition) is 2. The Morgan fingerprint density at radius 3 is 2.94 bits per heavy atom. The van der Waals surface area contributed by atoms with E-state index in [1.807, 2.05) is 0 Å². The van der Waals surface area contributed by atoms with Crippen molar-refractivity contribution in [1.82, 2.24) is 9.97 Å². The largest absolute Gasteiger partial charge is 0.398 e. The molecule has 1 heterocycles. The first-order chi connectivity index (χ1) is 8.16. The second-order valence-electron chi connectivity index (χ2n) is 3.34. The van der Waals surface area contributed by atoms with Gasteiger partial charge in [0.15, 0.2) is 5.16 Å². The van der Waals surface area contributed by atoms with E-state index in [9.17, 15) is 4.79 Å². The monoisotopic (exact) mass is 267 g/mol. The molecule has 2 rings (SSSR count). The Morgan fingerprint density at radius 2 is 2.24 bits per heavy atom. The van der Waals surface area contributed by atoms with Crippen molar-refractivity contribution in [3.63, 3.8) is 0 Å². The molecule has 4 nitrogen and oxygen atoms in total. The molecule has 0 aliphatic carbocycles. The number of thioether (sulfide) groups is 1. The number of anilines is 1. The van der Waals surface area contributed by atoms with Crippen molar-refractivity contribution < 1.29 is 0 Å². The van der Waals surface area contributed by atoms with E-state index in [4.69, 9.17) is 17.3 Å². The van der Waals surface area contributed by atoms with Crippen LogP contribution in [0.1, 0.15) is 5.56 Å². The Balaban J connectivity index is 2.15. The molecule has 0 aliphatic rings. The van der Waals surface area contributed by atoms with Crippen molar-refractivity contribution in [2.75, 3.05) is 5.73 Å². The van der Waals surface area contributed by atoms with Gasteiger partial charge in [-0.15, -0.1) is 0 Å². The SMILES string of the molecule is Nc1cccc(Cl)c1CSc1nccc(=O)[nH]1. The van der Waals surface area contributed by atoms with E-state index in [0.29, 0.717) is 21.6 Å². The van der Waals surface area contributed by atoms with Crippen LogP contribution in [0.25, 0.3) is 0 Å². The van der Waals surface area contributed by atoms with Crippen molar-refractivity contribution in [3.05, 3.63) is 51.4 Å². The molecule has 3 N–H and O–H groups in total. The van der Waals surface area contributed by atoms with Crippen LogP contribution in [0.4, 0.5) is 5.69 Å². The van der Waals surface area contributed by atoms with Crippen molar-refractivity contribution in [2.45, 2.75) is 10.9 Å².